The van der Waals surface area contributed by atoms with Gasteiger partial charge in [0.1, 0.15) is 5.75 Å². The lowest BCUT2D eigenvalue weighted by Gasteiger charge is -2.16. The number of pyridine rings is 1. The standard InChI is InChI=1S/C28H23ClF3N3O3S/c29-17-4-10-23(36)21(14-17)25-20-13-16(28(30,31)32)3-9-22(20)34-27(38)26(25)39-19-7-5-18(6-8-19)33-24(37)15-35-11-1-2-12-35/h3-10,13-14,36H,1-2,11-12,15H2,(H,33,37)(H,34,38). The summed E-state index contributed by atoms with van der Waals surface area (Å²) in [5.74, 6) is -0.357. The van der Waals surface area contributed by atoms with E-state index in [-0.39, 0.29) is 43.6 Å². The minimum atomic E-state index is -4.61. The Morgan fingerprint density at radius 3 is 2.46 bits per heavy atom. The van der Waals surface area contributed by atoms with Gasteiger partial charge in [-0.2, -0.15) is 13.2 Å². The number of amides is 1. The van der Waals surface area contributed by atoms with Crippen LogP contribution >= 0.6 is 23.4 Å². The Morgan fingerprint density at radius 1 is 1.05 bits per heavy atom. The molecule has 0 atom stereocenters. The van der Waals surface area contributed by atoms with Crippen molar-refractivity contribution in [2.45, 2.75) is 28.8 Å². The summed E-state index contributed by atoms with van der Waals surface area (Å²) in [6.45, 7) is 2.12. The van der Waals surface area contributed by atoms with Gasteiger partial charge in [-0.15, -0.1) is 0 Å². The summed E-state index contributed by atoms with van der Waals surface area (Å²) in [5.41, 5.74) is -0.403. The molecule has 5 rings (SSSR count). The molecule has 0 radical (unpaired) electrons. The number of phenolic OH excluding ortho intramolecular Hbond substituents is 1. The lowest BCUT2D eigenvalue weighted by molar-refractivity contribution is -0.137. The monoisotopic (exact) mass is 573 g/mol. The first kappa shape index (κ1) is 27.1. The van der Waals surface area contributed by atoms with E-state index in [0.29, 0.717) is 17.1 Å². The van der Waals surface area contributed by atoms with Crippen molar-refractivity contribution in [3.63, 3.8) is 0 Å². The van der Waals surface area contributed by atoms with Crippen LogP contribution in [-0.4, -0.2) is 40.5 Å². The fourth-order valence-corrected chi connectivity index (χ4v) is 5.74. The third kappa shape index (κ3) is 6.08. The molecule has 3 aromatic carbocycles. The molecule has 3 N–H and O–H groups in total. The number of fused-ring (bicyclic) bond motifs is 1. The number of aromatic nitrogens is 1. The molecule has 1 aliphatic heterocycles. The minimum Gasteiger partial charge on any atom is -0.507 e. The molecule has 1 aromatic heterocycles. The second-order valence-electron chi connectivity index (χ2n) is 9.24. The Balaban J connectivity index is 1.53. The summed E-state index contributed by atoms with van der Waals surface area (Å²) >= 11 is 7.20. The van der Waals surface area contributed by atoms with Crippen LogP contribution in [0.1, 0.15) is 18.4 Å². The van der Waals surface area contributed by atoms with E-state index in [4.69, 9.17) is 11.6 Å². The summed E-state index contributed by atoms with van der Waals surface area (Å²) in [6.07, 6.45) is -2.44. The smallest absolute Gasteiger partial charge is 0.416 e. The molecule has 0 unspecified atom stereocenters. The van der Waals surface area contributed by atoms with E-state index in [1.54, 1.807) is 24.3 Å². The highest BCUT2D eigenvalue weighted by atomic mass is 35.5. The number of likely N-dealkylation sites (tertiary alicyclic amines) is 1. The highest BCUT2D eigenvalue weighted by Crippen LogP contribution is 2.43. The number of hydrogen-bond acceptors (Lipinski definition) is 5. The molecule has 1 fully saturated rings. The Kier molecular flexibility index (Phi) is 7.61. The predicted octanol–water partition coefficient (Wildman–Crippen LogP) is 6.76. The number of aromatic hydroxyl groups is 1. The number of nitrogens with zero attached hydrogens (tertiary/aromatic N) is 1. The Hall–Kier alpha value is -3.47. The van der Waals surface area contributed by atoms with Gasteiger partial charge >= 0.3 is 6.18 Å². The number of rotatable bonds is 6. The maximum Gasteiger partial charge on any atom is 0.416 e. The number of nitrogens with one attached hydrogen (secondary N) is 2. The molecule has 2 heterocycles. The average Bonchev–Trinajstić information content (AvgIpc) is 3.39. The number of aromatic amines is 1. The molecule has 0 saturated carbocycles. The van der Waals surface area contributed by atoms with Crippen LogP contribution in [0.3, 0.4) is 0 Å². The number of benzene rings is 3. The number of anilines is 1. The van der Waals surface area contributed by atoms with Crippen molar-refractivity contribution in [2.24, 2.45) is 0 Å². The van der Waals surface area contributed by atoms with E-state index >= 15 is 0 Å². The van der Waals surface area contributed by atoms with Crippen LogP contribution in [0.15, 0.2) is 75.2 Å². The van der Waals surface area contributed by atoms with Gasteiger partial charge in [0.25, 0.3) is 5.56 Å². The van der Waals surface area contributed by atoms with Crippen LogP contribution in [0.5, 0.6) is 5.75 Å². The number of H-pyrrole nitrogens is 1. The van der Waals surface area contributed by atoms with Gasteiger partial charge in [-0.3, -0.25) is 14.5 Å². The van der Waals surface area contributed by atoms with Crippen LogP contribution in [0, 0.1) is 0 Å². The number of halogens is 4. The molecule has 202 valence electrons. The largest absolute Gasteiger partial charge is 0.507 e. The lowest BCUT2D eigenvalue weighted by atomic mass is 9.98. The van der Waals surface area contributed by atoms with Crippen molar-refractivity contribution < 1.29 is 23.1 Å². The van der Waals surface area contributed by atoms with Crippen molar-refractivity contribution in [1.29, 1.82) is 0 Å². The molecule has 6 nitrogen and oxygen atoms in total. The van der Waals surface area contributed by atoms with E-state index in [1.807, 2.05) is 0 Å². The second kappa shape index (κ2) is 11.0. The molecular formula is C28H23ClF3N3O3S. The molecule has 4 aromatic rings. The van der Waals surface area contributed by atoms with Crippen LogP contribution in [0.4, 0.5) is 18.9 Å². The summed E-state index contributed by atoms with van der Waals surface area (Å²) in [6, 6.07) is 14.0. The lowest BCUT2D eigenvalue weighted by Crippen LogP contribution is -2.30. The first-order valence-corrected chi connectivity index (χ1v) is 13.3. The first-order chi connectivity index (χ1) is 18.6. The van der Waals surface area contributed by atoms with E-state index in [9.17, 15) is 27.9 Å². The number of carbonyl (C=O) groups excluding carboxylic acids is 1. The molecule has 39 heavy (non-hydrogen) atoms. The highest BCUT2D eigenvalue weighted by Gasteiger charge is 2.31. The van der Waals surface area contributed by atoms with Gasteiger partial charge in [0.15, 0.2) is 0 Å². The maximum absolute atomic E-state index is 13.6. The van der Waals surface area contributed by atoms with Gasteiger partial charge in [-0.05, 0) is 86.6 Å². The van der Waals surface area contributed by atoms with E-state index in [0.717, 1.165) is 49.8 Å². The number of alkyl halides is 3. The van der Waals surface area contributed by atoms with Crippen LogP contribution in [0.2, 0.25) is 5.02 Å². The Morgan fingerprint density at radius 2 is 1.77 bits per heavy atom. The molecule has 1 saturated heterocycles. The van der Waals surface area contributed by atoms with Gasteiger partial charge in [0.2, 0.25) is 5.91 Å². The molecule has 1 amide bonds. The van der Waals surface area contributed by atoms with Crippen molar-refractivity contribution >= 4 is 45.9 Å². The zero-order valence-electron chi connectivity index (χ0n) is 20.4. The van der Waals surface area contributed by atoms with Gasteiger partial charge in [0, 0.05) is 37.6 Å². The normalized spacial score (nSPS) is 14.2. The summed E-state index contributed by atoms with van der Waals surface area (Å²) < 4.78 is 40.7. The molecule has 0 bridgehead atoms. The number of hydrogen-bond donors (Lipinski definition) is 3. The molecular weight excluding hydrogens is 551 g/mol. The van der Waals surface area contributed by atoms with Gasteiger partial charge in [-0.1, -0.05) is 23.4 Å². The quantitative estimate of drug-likeness (QED) is 0.237. The summed E-state index contributed by atoms with van der Waals surface area (Å²) in [5, 5.41) is 13.8. The van der Waals surface area contributed by atoms with Gasteiger partial charge in [-0.25, -0.2) is 0 Å². The van der Waals surface area contributed by atoms with Crippen molar-refractivity contribution in [1.82, 2.24) is 9.88 Å². The Labute approximate surface area is 230 Å². The van der Waals surface area contributed by atoms with Gasteiger partial charge < -0.3 is 15.4 Å². The minimum absolute atomic E-state index is 0.0882. The van der Waals surface area contributed by atoms with Crippen LogP contribution in [-0.2, 0) is 11.0 Å². The van der Waals surface area contributed by atoms with Crippen molar-refractivity contribution in [3.05, 3.63) is 81.6 Å². The molecule has 0 spiro atoms. The summed E-state index contributed by atoms with van der Waals surface area (Å²) in [4.78, 5) is 31.0. The van der Waals surface area contributed by atoms with E-state index < -0.39 is 17.3 Å². The van der Waals surface area contributed by atoms with Crippen LogP contribution in [0.25, 0.3) is 22.0 Å². The SMILES string of the molecule is O=C(CN1CCCC1)Nc1ccc(Sc2c(-c3cc(Cl)ccc3O)c3cc(C(F)(F)F)ccc3[nH]c2=O)cc1. The van der Waals surface area contributed by atoms with Crippen LogP contribution < -0.4 is 10.9 Å². The molecule has 11 heteroatoms. The van der Waals surface area contributed by atoms with E-state index in [2.05, 4.69) is 15.2 Å². The predicted molar refractivity (Wildman–Crippen MR) is 147 cm³/mol. The van der Waals surface area contributed by atoms with E-state index in [1.165, 1.54) is 24.3 Å². The summed E-state index contributed by atoms with van der Waals surface area (Å²) in [7, 11) is 0. The van der Waals surface area contributed by atoms with Crippen molar-refractivity contribution in [3.8, 4) is 16.9 Å². The number of carbonyl (C=O) groups is 1. The third-order valence-corrected chi connectivity index (χ3v) is 7.79. The molecule has 1 aliphatic rings. The highest BCUT2D eigenvalue weighted by molar-refractivity contribution is 7.99. The Bertz CT molecular complexity index is 1600. The third-order valence-electron chi connectivity index (χ3n) is 6.45. The fraction of sp³-hybridized carbons (Fsp3) is 0.214. The first-order valence-electron chi connectivity index (χ1n) is 12.1. The topological polar surface area (TPSA) is 85.4 Å². The number of phenols is 1. The van der Waals surface area contributed by atoms with Gasteiger partial charge in [0.05, 0.1) is 17.0 Å². The van der Waals surface area contributed by atoms with Crippen molar-refractivity contribution in [2.75, 3.05) is 25.0 Å². The average molecular weight is 574 g/mol. The zero-order chi connectivity index (χ0) is 27.7. The molecule has 0 aliphatic carbocycles. The fourth-order valence-electron chi connectivity index (χ4n) is 4.59. The zero-order valence-corrected chi connectivity index (χ0v) is 22.0. The second-order valence-corrected chi connectivity index (χ2v) is 10.8. The maximum atomic E-state index is 13.6.